The monoisotopic (exact) mass is 280 g/mol. The summed E-state index contributed by atoms with van der Waals surface area (Å²) in [5.41, 5.74) is 5.49. The Kier molecular flexibility index (Phi) is 7.53. The van der Waals surface area contributed by atoms with Crippen LogP contribution in [0.15, 0.2) is 66.3 Å². The summed E-state index contributed by atoms with van der Waals surface area (Å²) < 4.78 is 0. The Morgan fingerprint density at radius 2 is 1.76 bits per heavy atom. The first-order valence-electron chi connectivity index (χ1n) is 7.98. The Hall–Kier alpha value is -1.82. The van der Waals surface area contributed by atoms with Crippen LogP contribution >= 0.6 is 0 Å². The van der Waals surface area contributed by atoms with Crippen molar-refractivity contribution in [3.63, 3.8) is 0 Å². The zero-order valence-corrected chi connectivity index (χ0v) is 14.1. The number of rotatable bonds is 3. The molecule has 0 fully saturated rings. The molecule has 0 radical (unpaired) electrons. The Morgan fingerprint density at radius 3 is 2.33 bits per heavy atom. The van der Waals surface area contributed by atoms with E-state index in [0.29, 0.717) is 5.92 Å². The average molecular weight is 280 g/mol. The second-order valence-electron chi connectivity index (χ2n) is 5.04. The van der Waals surface area contributed by atoms with Crippen LogP contribution in [0.1, 0.15) is 45.2 Å². The summed E-state index contributed by atoms with van der Waals surface area (Å²) in [5, 5.41) is 0. The Morgan fingerprint density at radius 1 is 1.10 bits per heavy atom. The van der Waals surface area contributed by atoms with E-state index in [9.17, 15) is 0 Å². The maximum absolute atomic E-state index is 2.30. The topological polar surface area (TPSA) is 0 Å². The molecule has 1 aliphatic carbocycles. The van der Waals surface area contributed by atoms with Crippen molar-refractivity contribution in [3.8, 4) is 0 Å². The van der Waals surface area contributed by atoms with Gasteiger partial charge in [-0.25, -0.2) is 0 Å². The van der Waals surface area contributed by atoms with Crippen LogP contribution in [0.3, 0.4) is 0 Å². The zero-order chi connectivity index (χ0) is 15.7. The van der Waals surface area contributed by atoms with E-state index in [1.54, 1.807) is 0 Å². The predicted molar refractivity (Wildman–Crippen MR) is 96.3 cm³/mol. The molecule has 1 unspecified atom stereocenters. The molecule has 2 rings (SSSR count). The van der Waals surface area contributed by atoms with E-state index in [0.717, 1.165) is 6.42 Å². The van der Waals surface area contributed by atoms with Crippen molar-refractivity contribution < 1.29 is 0 Å². The molecule has 0 N–H and O–H groups in total. The predicted octanol–water partition coefficient (Wildman–Crippen LogP) is 6.50. The highest BCUT2D eigenvalue weighted by Crippen LogP contribution is 2.31. The molecule has 0 saturated carbocycles. The lowest BCUT2D eigenvalue weighted by Crippen LogP contribution is -2.04. The Bertz CT molecular complexity index is 536. The molecule has 0 nitrogen and oxygen atoms in total. The van der Waals surface area contributed by atoms with Gasteiger partial charge in [-0.3, -0.25) is 0 Å². The van der Waals surface area contributed by atoms with Crippen LogP contribution in [-0.4, -0.2) is 0 Å². The van der Waals surface area contributed by atoms with Crippen LogP contribution in [0, 0.1) is 12.8 Å². The Balaban J connectivity index is 0.00000106. The highest BCUT2D eigenvalue weighted by atomic mass is 14.2. The van der Waals surface area contributed by atoms with E-state index >= 15 is 0 Å². The molecule has 0 heterocycles. The molecule has 1 aromatic carbocycles. The lowest BCUT2D eigenvalue weighted by molar-refractivity contribution is 0.797. The molecule has 1 atom stereocenters. The number of hydrogen-bond acceptors (Lipinski definition) is 0. The van der Waals surface area contributed by atoms with Crippen LogP contribution in [0.4, 0.5) is 0 Å². The van der Waals surface area contributed by atoms with Gasteiger partial charge >= 0.3 is 0 Å². The third-order valence-electron chi connectivity index (χ3n) is 3.62. The minimum atomic E-state index is 0.502. The lowest BCUT2D eigenvalue weighted by atomic mass is 9.85. The van der Waals surface area contributed by atoms with Crippen molar-refractivity contribution in [2.24, 2.45) is 5.92 Å². The molecule has 0 bridgehead atoms. The van der Waals surface area contributed by atoms with Gasteiger partial charge in [0.2, 0.25) is 0 Å². The summed E-state index contributed by atoms with van der Waals surface area (Å²) in [7, 11) is 0. The van der Waals surface area contributed by atoms with Crippen LogP contribution in [-0.2, 0) is 0 Å². The van der Waals surface area contributed by atoms with Crippen LogP contribution in [0.5, 0.6) is 0 Å². The van der Waals surface area contributed by atoms with Gasteiger partial charge in [-0.1, -0.05) is 80.1 Å². The molecule has 1 aromatic rings. The van der Waals surface area contributed by atoms with Crippen molar-refractivity contribution in [3.05, 3.63) is 77.4 Å². The molecule has 1 aliphatic rings. The maximum atomic E-state index is 2.30. The van der Waals surface area contributed by atoms with Crippen LogP contribution < -0.4 is 0 Å². The first-order chi connectivity index (χ1) is 10.2. The van der Waals surface area contributed by atoms with E-state index in [-0.39, 0.29) is 0 Å². The van der Waals surface area contributed by atoms with Crippen LogP contribution in [0.25, 0.3) is 5.57 Å². The molecule has 0 spiro atoms. The van der Waals surface area contributed by atoms with E-state index in [4.69, 9.17) is 0 Å². The number of benzene rings is 1. The van der Waals surface area contributed by atoms with E-state index in [2.05, 4.69) is 81.5 Å². The van der Waals surface area contributed by atoms with Crippen LogP contribution in [0.2, 0.25) is 0 Å². The summed E-state index contributed by atoms with van der Waals surface area (Å²) in [4.78, 5) is 0. The molecular formula is C21H28. The lowest BCUT2D eigenvalue weighted by Gasteiger charge is -2.20. The summed E-state index contributed by atoms with van der Waals surface area (Å²) >= 11 is 0. The number of allylic oxidation sites excluding steroid dienone is 8. The van der Waals surface area contributed by atoms with Gasteiger partial charge in [-0.15, -0.1) is 0 Å². The molecule has 0 heteroatoms. The van der Waals surface area contributed by atoms with Crippen molar-refractivity contribution >= 4 is 5.57 Å². The number of hydrogen-bond donors (Lipinski definition) is 0. The third kappa shape index (κ3) is 4.90. The van der Waals surface area contributed by atoms with Gasteiger partial charge in [0, 0.05) is 5.92 Å². The first-order valence-corrected chi connectivity index (χ1v) is 7.98. The normalized spacial score (nSPS) is 18.2. The molecule has 0 saturated heterocycles. The standard InChI is InChI=1S/C19H22.C2H6/c1-4-7-16(5-2)18-8-6-9-19(14-18)17-12-10-15(3)11-13-17;1-2/h4-13,18H,14H2,1-3H3;1-2H3/b7-4-,16-5+;. The number of aryl methyl sites for hydroxylation is 1. The minimum Gasteiger partial charge on any atom is -0.0874 e. The highest BCUT2D eigenvalue weighted by Gasteiger charge is 2.14. The molecular weight excluding hydrogens is 252 g/mol. The third-order valence-corrected chi connectivity index (χ3v) is 3.62. The van der Waals surface area contributed by atoms with E-state index in [1.165, 1.54) is 22.3 Å². The van der Waals surface area contributed by atoms with Crippen molar-refractivity contribution in [1.29, 1.82) is 0 Å². The summed E-state index contributed by atoms with van der Waals surface area (Å²) in [6.45, 7) is 10.3. The summed E-state index contributed by atoms with van der Waals surface area (Å²) in [6.07, 6.45) is 14.4. The first kappa shape index (κ1) is 17.2. The van der Waals surface area contributed by atoms with Gasteiger partial charge < -0.3 is 0 Å². The average Bonchev–Trinajstić information content (AvgIpc) is 2.55. The summed E-state index contributed by atoms with van der Waals surface area (Å²) in [6, 6.07) is 8.82. The molecule has 21 heavy (non-hydrogen) atoms. The van der Waals surface area contributed by atoms with Crippen molar-refractivity contribution in [2.75, 3.05) is 0 Å². The maximum Gasteiger partial charge on any atom is 0.00583 e. The highest BCUT2D eigenvalue weighted by molar-refractivity contribution is 5.69. The largest absolute Gasteiger partial charge is 0.0874 e. The van der Waals surface area contributed by atoms with Gasteiger partial charge in [0.15, 0.2) is 0 Å². The van der Waals surface area contributed by atoms with Crippen molar-refractivity contribution in [2.45, 2.75) is 41.0 Å². The van der Waals surface area contributed by atoms with Gasteiger partial charge in [0.1, 0.15) is 0 Å². The minimum absolute atomic E-state index is 0.502. The molecule has 0 aromatic heterocycles. The second-order valence-corrected chi connectivity index (χ2v) is 5.04. The van der Waals surface area contributed by atoms with Gasteiger partial charge in [0.25, 0.3) is 0 Å². The van der Waals surface area contributed by atoms with Gasteiger partial charge in [0.05, 0.1) is 0 Å². The fourth-order valence-corrected chi connectivity index (χ4v) is 2.52. The Labute approximate surface area is 130 Å². The van der Waals surface area contributed by atoms with Gasteiger partial charge in [-0.05, 0) is 43.9 Å². The summed E-state index contributed by atoms with van der Waals surface area (Å²) in [5.74, 6) is 0.502. The quantitative estimate of drug-likeness (QED) is 0.554. The molecule has 112 valence electrons. The molecule has 0 amide bonds. The van der Waals surface area contributed by atoms with Crippen molar-refractivity contribution in [1.82, 2.24) is 0 Å². The smallest absolute Gasteiger partial charge is 0.00583 e. The molecule has 0 aliphatic heterocycles. The van der Waals surface area contributed by atoms with E-state index < -0.39 is 0 Å². The fraction of sp³-hybridized carbons (Fsp3) is 0.333. The zero-order valence-electron chi connectivity index (χ0n) is 14.1. The van der Waals surface area contributed by atoms with Gasteiger partial charge in [-0.2, -0.15) is 0 Å². The SMILES string of the molecule is C/C=C\C(=C/C)C1C=CC=C(c2ccc(C)cc2)C1.CC. The van der Waals surface area contributed by atoms with E-state index in [1.807, 2.05) is 13.8 Å². The fourth-order valence-electron chi connectivity index (χ4n) is 2.52. The second kappa shape index (κ2) is 9.18.